The lowest BCUT2D eigenvalue weighted by atomic mass is 9.88. The summed E-state index contributed by atoms with van der Waals surface area (Å²) in [6.45, 7) is 0. The SMILES string of the molecule is Nc1ccc2c(c1)CCCC2N=O. The molecule has 1 aliphatic carbocycles. The minimum atomic E-state index is -0.149. The molecule has 0 amide bonds. The molecule has 0 aliphatic heterocycles. The third-order valence-electron chi connectivity index (χ3n) is 2.58. The summed E-state index contributed by atoms with van der Waals surface area (Å²) in [7, 11) is 0. The Morgan fingerprint density at radius 1 is 1.46 bits per heavy atom. The summed E-state index contributed by atoms with van der Waals surface area (Å²) in [5, 5.41) is 3.13. The van der Waals surface area contributed by atoms with Gasteiger partial charge in [0.2, 0.25) is 0 Å². The van der Waals surface area contributed by atoms with Crippen molar-refractivity contribution in [1.82, 2.24) is 0 Å². The first-order valence-electron chi connectivity index (χ1n) is 4.52. The van der Waals surface area contributed by atoms with Gasteiger partial charge in [0, 0.05) is 5.69 Å². The molecule has 0 saturated heterocycles. The molecule has 13 heavy (non-hydrogen) atoms. The summed E-state index contributed by atoms with van der Waals surface area (Å²) in [4.78, 5) is 10.5. The maximum atomic E-state index is 10.5. The summed E-state index contributed by atoms with van der Waals surface area (Å²) in [5.74, 6) is 0. The first-order chi connectivity index (χ1) is 6.31. The molecule has 1 aromatic rings. The normalized spacial score (nSPS) is 20.8. The van der Waals surface area contributed by atoms with Crippen molar-refractivity contribution in [2.75, 3.05) is 5.73 Å². The van der Waals surface area contributed by atoms with Crippen molar-refractivity contribution >= 4 is 5.69 Å². The van der Waals surface area contributed by atoms with Gasteiger partial charge in [-0.1, -0.05) is 11.2 Å². The van der Waals surface area contributed by atoms with Gasteiger partial charge in [-0.25, -0.2) is 0 Å². The largest absolute Gasteiger partial charge is 0.399 e. The first kappa shape index (κ1) is 8.23. The number of nitroso groups, excluding NO2 is 1. The number of fused-ring (bicyclic) bond motifs is 1. The molecule has 1 atom stereocenters. The summed E-state index contributed by atoms with van der Waals surface area (Å²) in [6, 6.07) is 5.56. The fourth-order valence-electron chi connectivity index (χ4n) is 1.92. The number of nitrogens with two attached hydrogens (primary N) is 1. The number of nitrogens with zero attached hydrogens (tertiary/aromatic N) is 1. The van der Waals surface area contributed by atoms with Crippen LogP contribution < -0.4 is 5.73 Å². The summed E-state index contributed by atoms with van der Waals surface area (Å²) in [5.41, 5.74) is 8.68. The topological polar surface area (TPSA) is 55.4 Å². The Balaban J connectivity index is 2.45. The molecule has 3 nitrogen and oxygen atoms in total. The number of anilines is 1. The Morgan fingerprint density at radius 2 is 2.31 bits per heavy atom. The number of hydrogen-bond acceptors (Lipinski definition) is 3. The third kappa shape index (κ3) is 1.41. The van der Waals surface area contributed by atoms with Crippen molar-refractivity contribution in [3.8, 4) is 0 Å². The van der Waals surface area contributed by atoms with Crippen molar-refractivity contribution in [3.63, 3.8) is 0 Å². The Kier molecular flexibility index (Phi) is 2.00. The second kappa shape index (κ2) is 3.17. The smallest absolute Gasteiger partial charge is 0.117 e. The van der Waals surface area contributed by atoms with E-state index in [9.17, 15) is 4.91 Å². The van der Waals surface area contributed by atoms with Crippen LogP contribution in [0.3, 0.4) is 0 Å². The highest BCUT2D eigenvalue weighted by molar-refractivity contribution is 5.46. The number of rotatable bonds is 1. The zero-order valence-electron chi connectivity index (χ0n) is 7.36. The minimum absolute atomic E-state index is 0.149. The molecule has 68 valence electrons. The summed E-state index contributed by atoms with van der Waals surface area (Å²) in [6.07, 6.45) is 2.93. The van der Waals surface area contributed by atoms with Gasteiger partial charge in [-0.05, 0) is 42.5 Å². The molecule has 2 rings (SSSR count). The average molecular weight is 176 g/mol. The number of hydrogen-bond donors (Lipinski definition) is 1. The van der Waals surface area contributed by atoms with Gasteiger partial charge in [0.05, 0.1) is 0 Å². The molecular weight excluding hydrogens is 164 g/mol. The van der Waals surface area contributed by atoms with E-state index in [0.29, 0.717) is 0 Å². The van der Waals surface area contributed by atoms with Crippen LogP contribution in [-0.4, -0.2) is 0 Å². The van der Waals surface area contributed by atoms with Gasteiger partial charge in [-0.2, -0.15) is 4.91 Å². The van der Waals surface area contributed by atoms with E-state index in [1.807, 2.05) is 18.2 Å². The first-order valence-corrected chi connectivity index (χ1v) is 4.52. The van der Waals surface area contributed by atoms with Gasteiger partial charge in [-0.15, -0.1) is 0 Å². The fraction of sp³-hybridized carbons (Fsp3) is 0.400. The summed E-state index contributed by atoms with van der Waals surface area (Å²) < 4.78 is 0. The Hall–Kier alpha value is -1.38. The van der Waals surface area contributed by atoms with Crippen LogP contribution in [0.5, 0.6) is 0 Å². The Bertz CT molecular complexity index is 336. The van der Waals surface area contributed by atoms with Crippen LogP contribution in [0.15, 0.2) is 23.4 Å². The van der Waals surface area contributed by atoms with Gasteiger partial charge in [-0.3, -0.25) is 0 Å². The quantitative estimate of drug-likeness (QED) is 0.527. The second-order valence-corrected chi connectivity index (χ2v) is 3.47. The van der Waals surface area contributed by atoms with Crippen LogP contribution in [0, 0.1) is 4.91 Å². The number of aryl methyl sites for hydroxylation is 1. The molecule has 0 spiro atoms. The highest BCUT2D eigenvalue weighted by Gasteiger charge is 2.20. The molecule has 0 heterocycles. The molecule has 2 N–H and O–H groups in total. The van der Waals surface area contributed by atoms with Crippen molar-refractivity contribution in [1.29, 1.82) is 0 Å². The van der Waals surface area contributed by atoms with Gasteiger partial charge < -0.3 is 5.73 Å². The highest BCUT2D eigenvalue weighted by atomic mass is 16.3. The van der Waals surface area contributed by atoms with Crippen molar-refractivity contribution in [3.05, 3.63) is 34.2 Å². The van der Waals surface area contributed by atoms with Crippen LogP contribution in [0.2, 0.25) is 0 Å². The van der Waals surface area contributed by atoms with Gasteiger partial charge >= 0.3 is 0 Å². The average Bonchev–Trinajstić information content (AvgIpc) is 2.16. The lowest BCUT2D eigenvalue weighted by Crippen LogP contribution is -2.07. The van der Waals surface area contributed by atoms with E-state index in [2.05, 4.69) is 5.18 Å². The van der Waals surface area contributed by atoms with Gasteiger partial charge in [0.1, 0.15) is 6.04 Å². The van der Waals surface area contributed by atoms with E-state index < -0.39 is 0 Å². The van der Waals surface area contributed by atoms with E-state index >= 15 is 0 Å². The van der Waals surface area contributed by atoms with Crippen LogP contribution in [0.4, 0.5) is 5.69 Å². The standard InChI is InChI=1S/C10H12N2O/c11-8-4-5-9-7(6-8)2-1-3-10(9)12-13/h4-6,10H,1-3,11H2. The summed E-state index contributed by atoms with van der Waals surface area (Å²) >= 11 is 0. The van der Waals surface area contributed by atoms with Crippen molar-refractivity contribution in [2.45, 2.75) is 25.3 Å². The van der Waals surface area contributed by atoms with Crippen molar-refractivity contribution < 1.29 is 0 Å². The van der Waals surface area contributed by atoms with Crippen LogP contribution in [0.1, 0.15) is 30.0 Å². The van der Waals surface area contributed by atoms with E-state index in [0.717, 1.165) is 30.5 Å². The molecule has 3 heteroatoms. The molecule has 1 aliphatic rings. The molecule has 0 saturated carbocycles. The molecule has 1 unspecified atom stereocenters. The molecule has 1 aromatic carbocycles. The lowest BCUT2D eigenvalue weighted by molar-refractivity contribution is 0.569. The number of benzene rings is 1. The van der Waals surface area contributed by atoms with Crippen LogP contribution in [0.25, 0.3) is 0 Å². The predicted octanol–water partition coefficient (Wildman–Crippen LogP) is 2.41. The van der Waals surface area contributed by atoms with Crippen LogP contribution >= 0.6 is 0 Å². The zero-order valence-corrected chi connectivity index (χ0v) is 7.36. The molecular formula is C10H12N2O. The zero-order chi connectivity index (χ0) is 9.26. The molecule has 0 aromatic heterocycles. The Labute approximate surface area is 76.9 Å². The van der Waals surface area contributed by atoms with Gasteiger partial charge in [0.15, 0.2) is 0 Å². The second-order valence-electron chi connectivity index (χ2n) is 3.47. The van der Waals surface area contributed by atoms with E-state index in [-0.39, 0.29) is 6.04 Å². The maximum Gasteiger partial charge on any atom is 0.117 e. The maximum absolute atomic E-state index is 10.5. The number of nitrogen functional groups attached to an aromatic ring is 1. The third-order valence-corrected chi connectivity index (χ3v) is 2.58. The van der Waals surface area contributed by atoms with Crippen molar-refractivity contribution in [2.24, 2.45) is 5.18 Å². The lowest BCUT2D eigenvalue weighted by Gasteiger charge is -2.20. The van der Waals surface area contributed by atoms with E-state index in [1.165, 1.54) is 5.56 Å². The molecule has 0 bridgehead atoms. The minimum Gasteiger partial charge on any atom is -0.399 e. The molecule has 0 fully saturated rings. The van der Waals surface area contributed by atoms with Crippen LogP contribution in [-0.2, 0) is 6.42 Å². The van der Waals surface area contributed by atoms with Gasteiger partial charge in [0.25, 0.3) is 0 Å². The fourth-order valence-corrected chi connectivity index (χ4v) is 1.92. The predicted molar refractivity (Wildman–Crippen MR) is 52.3 cm³/mol. The van der Waals surface area contributed by atoms with E-state index in [4.69, 9.17) is 5.73 Å². The molecule has 0 radical (unpaired) electrons. The highest BCUT2D eigenvalue weighted by Crippen LogP contribution is 2.33. The monoisotopic (exact) mass is 176 g/mol. The Morgan fingerprint density at radius 3 is 3.08 bits per heavy atom. The van der Waals surface area contributed by atoms with E-state index in [1.54, 1.807) is 0 Å².